The van der Waals surface area contributed by atoms with E-state index >= 15 is 0 Å². The fraction of sp³-hybridized carbons (Fsp3) is 0.419. The molecule has 2 aliphatic rings. The Kier molecular flexibility index (Phi) is 9.91. The van der Waals surface area contributed by atoms with E-state index in [0.717, 1.165) is 29.5 Å². The quantitative estimate of drug-likeness (QED) is 0.374. The van der Waals surface area contributed by atoms with E-state index in [1.807, 2.05) is 91.0 Å². The van der Waals surface area contributed by atoms with E-state index in [1.54, 1.807) is 0 Å². The number of aliphatic hydroxyl groups is 1. The van der Waals surface area contributed by atoms with Gasteiger partial charge in [0.1, 0.15) is 24.4 Å². The van der Waals surface area contributed by atoms with E-state index in [9.17, 15) is 5.11 Å². The molecule has 6 atom stereocenters. The van der Waals surface area contributed by atoms with Crippen molar-refractivity contribution >= 4 is 0 Å². The Hall–Kier alpha value is -2.62. The number of benzene rings is 3. The molecule has 5 rings (SSSR count). The van der Waals surface area contributed by atoms with E-state index in [4.69, 9.17) is 28.4 Å². The van der Waals surface area contributed by atoms with Crippen LogP contribution in [0.25, 0.3) is 0 Å². The lowest BCUT2D eigenvalue weighted by molar-refractivity contribution is -0.350. The highest BCUT2D eigenvalue weighted by molar-refractivity contribution is 5.15. The summed E-state index contributed by atoms with van der Waals surface area (Å²) in [6, 6.07) is 29.9. The predicted molar refractivity (Wildman–Crippen MR) is 141 cm³/mol. The standard InChI is InChI=1S/C31H36O7/c32-19-26-28(34-20-23-11-4-1-5-12-23)29(35-21-24-13-6-2-7-14-24)30(36-22-25-15-8-3-9-16-25)31(37-26)38-27-17-10-18-33-27/h1-9,11-16,26-32H,10,17-22H2/t26-,27+,28-,29+,30-,31-/m1/s1. The van der Waals surface area contributed by atoms with Crippen LogP contribution < -0.4 is 0 Å². The van der Waals surface area contributed by atoms with Crippen LogP contribution in [0.3, 0.4) is 0 Å². The zero-order chi connectivity index (χ0) is 26.0. The third-order valence-electron chi connectivity index (χ3n) is 6.80. The molecule has 0 aliphatic carbocycles. The van der Waals surface area contributed by atoms with Gasteiger partial charge in [0.05, 0.1) is 26.4 Å². The first-order valence-corrected chi connectivity index (χ1v) is 13.3. The number of hydrogen-bond acceptors (Lipinski definition) is 7. The molecule has 202 valence electrons. The lowest BCUT2D eigenvalue weighted by Crippen LogP contribution is -2.62. The zero-order valence-electron chi connectivity index (χ0n) is 21.5. The van der Waals surface area contributed by atoms with Gasteiger partial charge < -0.3 is 33.5 Å². The van der Waals surface area contributed by atoms with Gasteiger partial charge in [-0.05, 0) is 23.1 Å². The Labute approximate surface area is 224 Å². The molecule has 0 bridgehead atoms. The van der Waals surface area contributed by atoms with Crippen LogP contribution >= 0.6 is 0 Å². The van der Waals surface area contributed by atoms with Crippen LogP contribution in [-0.4, -0.2) is 55.3 Å². The largest absolute Gasteiger partial charge is 0.394 e. The van der Waals surface area contributed by atoms with Crippen molar-refractivity contribution in [2.24, 2.45) is 0 Å². The third-order valence-corrected chi connectivity index (χ3v) is 6.80. The molecule has 7 nitrogen and oxygen atoms in total. The number of rotatable bonds is 12. The number of aliphatic hydroxyl groups excluding tert-OH is 1. The maximum absolute atomic E-state index is 10.3. The van der Waals surface area contributed by atoms with Gasteiger partial charge in [-0.3, -0.25) is 0 Å². The SMILES string of the molecule is OC[C@H]1O[C@H](O[C@H]2CCCO2)[C@H](OCc2ccccc2)[C@@H](OCc2ccccc2)[C@@H]1OCc1ccccc1. The minimum atomic E-state index is -0.795. The summed E-state index contributed by atoms with van der Waals surface area (Å²) in [5.41, 5.74) is 3.07. The molecule has 38 heavy (non-hydrogen) atoms. The average Bonchev–Trinajstić information content (AvgIpc) is 3.49. The molecule has 0 amide bonds. The van der Waals surface area contributed by atoms with Gasteiger partial charge in [0.2, 0.25) is 0 Å². The Bertz CT molecular complexity index is 1060. The minimum Gasteiger partial charge on any atom is -0.394 e. The van der Waals surface area contributed by atoms with Crippen molar-refractivity contribution in [3.63, 3.8) is 0 Å². The van der Waals surface area contributed by atoms with E-state index in [-0.39, 0.29) is 6.61 Å². The minimum absolute atomic E-state index is 0.249. The van der Waals surface area contributed by atoms with Crippen molar-refractivity contribution in [1.29, 1.82) is 0 Å². The van der Waals surface area contributed by atoms with E-state index in [2.05, 4.69) is 0 Å². The first kappa shape index (κ1) is 27.0. The molecule has 7 heteroatoms. The van der Waals surface area contributed by atoms with Gasteiger partial charge in [0.25, 0.3) is 0 Å². The van der Waals surface area contributed by atoms with E-state index < -0.39 is 37.0 Å². The van der Waals surface area contributed by atoms with Gasteiger partial charge in [0.15, 0.2) is 12.6 Å². The first-order valence-electron chi connectivity index (χ1n) is 13.3. The molecular weight excluding hydrogens is 484 g/mol. The van der Waals surface area contributed by atoms with Gasteiger partial charge >= 0.3 is 0 Å². The van der Waals surface area contributed by atoms with Gasteiger partial charge in [0, 0.05) is 13.0 Å². The molecule has 2 fully saturated rings. The molecule has 2 saturated heterocycles. The second kappa shape index (κ2) is 14.0. The predicted octanol–water partition coefficient (Wildman–Crippen LogP) is 4.61. The fourth-order valence-electron chi connectivity index (χ4n) is 4.81. The molecule has 0 spiro atoms. The Morgan fingerprint density at radius 2 is 1.16 bits per heavy atom. The van der Waals surface area contributed by atoms with Crippen LogP contribution in [0.5, 0.6) is 0 Å². The number of ether oxygens (including phenoxy) is 6. The molecule has 3 aromatic rings. The molecule has 0 aromatic heterocycles. The number of hydrogen-bond donors (Lipinski definition) is 1. The lowest BCUT2D eigenvalue weighted by Gasteiger charge is -2.46. The highest BCUT2D eigenvalue weighted by atomic mass is 16.8. The fourth-order valence-corrected chi connectivity index (χ4v) is 4.81. The summed E-state index contributed by atoms with van der Waals surface area (Å²) in [5, 5.41) is 10.3. The highest BCUT2D eigenvalue weighted by Crippen LogP contribution is 2.32. The van der Waals surface area contributed by atoms with Crippen LogP contribution in [0.1, 0.15) is 29.5 Å². The summed E-state index contributed by atoms with van der Waals surface area (Å²) in [6.45, 7) is 1.45. The van der Waals surface area contributed by atoms with Crippen molar-refractivity contribution in [2.75, 3.05) is 13.2 Å². The average molecular weight is 521 g/mol. The van der Waals surface area contributed by atoms with Crippen LogP contribution in [0.15, 0.2) is 91.0 Å². The molecule has 3 aromatic carbocycles. The van der Waals surface area contributed by atoms with Crippen LogP contribution in [0.4, 0.5) is 0 Å². The van der Waals surface area contributed by atoms with Crippen LogP contribution in [0.2, 0.25) is 0 Å². The van der Waals surface area contributed by atoms with Gasteiger partial charge in [-0.15, -0.1) is 0 Å². The normalized spacial score (nSPS) is 27.4. The van der Waals surface area contributed by atoms with Crippen LogP contribution in [-0.2, 0) is 48.2 Å². The Morgan fingerprint density at radius 3 is 1.63 bits per heavy atom. The molecule has 0 radical (unpaired) electrons. The second-order valence-electron chi connectivity index (χ2n) is 9.59. The summed E-state index contributed by atoms with van der Waals surface area (Å²) in [6.07, 6.45) is -1.93. The summed E-state index contributed by atoms with van der Waals surface area (Å²) in [7, 11) is 0. The topological polar surface area (TPSA) is 75.6 Å². The van der Waals surface area contributed by atoms with Crippen molar-refractivity contribution in [1.82, 2.24) is 0 Å². The van der Waals surface area contributed by atoms with Crippen molar-refractivity contribution in [3.05, 3.63) is 108 Å². The first-order chi connectivity index (χ1) is 18.8. The van der Waals surface area contributed by atoms with E-state index in [0.29, 0.717) is 26.4 Å². The Morgan fingerprint density at radius 1 is 0.658 bits per heavy atom. The summed E-state index contributed by atoms with van der Waals surface area (Å²) in [4.78, 5) is 0. The molecule has 2 heterocycles. The maximum Gasteiger partial charge on any atom is 0.189 e. The van der Waals surface area contributed by atoms with Gasteiger partial charge in [-0.1, -0.05) is 91.0 Å². The van der Waals surface area contributed by atoms with Crippen molar-refractivity contribution in [3.8, 4) is 0 Å². The van der Waals surface area contributed by atoms with E-state index in [1.165, 1.54) is 0 Å². The monoisotopic (exact) mass is 520 g/mol. The summed E-state index contributed by atoms with van der Waals surface area (Å²) in [5.74, 6) is 0. The van der Waals surface area contributed by atoms with Crippen LogP contribution in [0, 0.1) is 0 Å². The smallest absolute Gasteiger partial charge is 0.189 e. The third kappa shape index (κ3) is 7.27. The van der Waals surface area contributed by atoms with Gasteiger partial charge in [-0.25, -0.2) is 0 Å². The molecule has 2 aliphatic heterocycles. The molecule has 0 saturated carbocycles. The second-order valence-corrected chi connectivity index (χ2v) is 9.59. The molecule has 0 unspecified atom stereocenters. The Balaban J connectivity index is 1.40. The van der Waals surface area contributed by atoms with Crippen molar-refractivity contribution < 1.29 is 33.5 Å². The maximum atomic E-state index is 10.3. The molecule has 1 N–H and O–H groups in total. The summed E-state index contributed by atoms with van der Waals surface area (Å²) >= 11 is 0. The van der Waals surface area contributed by atoms with Crippen molar-refractivity contribution in [2.45, 2.75) is 69.7 Å². The lowest BCUT2D eigenvalue weighted by atomic mass is 9.98. The summed E-state index contributed by atoms with van der Waals surface area (Å²) < 4.78 is 37.7. The molecular formula is C31H36O7. The highest BCUT2D eigenvalue weighted by Gasteiger charge is 2.49. The van der Waals surface area contributed by atoms with Gasteiger partial charge in [-0.2, -0.15) is 0 Å². The zero-order valence-corrected chi connectivity index (χ0v) is 21.5.